The third-order valence-corrected chi connectivity index (χ3v) is 3.26. The molecule has 0 fully saturated rings. The summed E-state index contributed by atoms with van der Waals surface area (Å²) in [5, 5.41) is 9.66. The van der Waals surface area contributed by atoms with Crippen LogP contribution < -0.4 is 5.73 Å². The fourth-order valence-electron chi connectivity index (χ4n) is 1.70. The number of nitrogens with two attached hydrogens (primary N) is 1. The third-order valence-electron chi connectivity index (χ3n) is 2.59. The highest BCUT2D eigenvalue weighted by Crippen LogP contribution is 2.29. The van der Waals surface area contributed by atoms with Crippen molar-refractivity contribution in [1.82, 2.24) is 15.0 Å². The maximum atomic E-state index is 9.66. The van der Waals surface area contributed by atoms with Crippen molar-refractivity contribution in [2.75, 3.05) is 5.73 Å². The molecule has 1 aromatic carbocycles. The molecular weight excluding hydrogens is 296 g/mol. The van der Waals surface area contributed by atoms with Crippen molar-refractivity contribution in [3.05, 3.63) is 34.8 Å². The Morgan fingerprint density at radius 3 is 2.78 bits per heavy atom. The molecule has 0 saturated carbocycles. The van der Waals surface area contributed by atoms with Gasteiger partial charge in [-0.1, -0.05) is 0 Å². The number of hydrogen-bond acceptors (Lipinski definition) is 4. The molecule has 0 saturated heterocycles. The van der Waals surface area contributed by atoms with Gasteiger partial charge in [0, 0.05) is 5.56 Å². The first-order chi connectivity index (χ1) is 8.63. The summed E-state index contributed by atoms with van der Waals surface area (Å²) in [6.45, 7) is 0. The van der Waals surface area contributed by atoms with Crippen LogP contribution in [0.4, 0.5) is 5.82 Å². The molecule has 6 heteroatoms. The molecular formula is C12H9BrN4O. The van der Waals surface area contributed by atoms with Crippen LogP contribution in [0.25, 0.3) is 22.6 Å². The zero-order valence-corrected chi connectivity index (χ0v) is 10.8. The van der Waals surface area contributed by atoms with E-state index in [1.165, 1.54) is 0 Å². The standard InChI is InChI=1S/C12H9BrN4O/c13-7-2-1-6(5-9(7)18)11-15-8-3-4-10(14)16-12(8)17-11/h1-5,18H,(H3,14,15,16,17). The monoisotopic (exact) mass is 304 g/mol. The number of halogens is 1. The highest BCUT2D eigenvalue weighted by atomic mass is 79.9. The van der Waals surface area contributed by atoms with Crippen LogP contribution in [0.1, 0.15) is 0 Å². The maximum absolute atomic E-state index is 9.66. The minimum absolute atomic E-state index is 0.167. The molecule has 2 heterocycles. The van der Waals surface area contributed by atoms with E-state index in [1.54, 1.807) is 18.2 Å². The molecule has 18 heavy (non-hydrogen) atoms. The number of nitrogens with zero attached hydrogens (tertiary/aromatic N) is 2. The maximum Gasteiger partial charge on any atom is 0.180 e. The Labute approximate surface area is 111 Å². The fraction of sp³-hybridized carbons (Fsp3) is 0. The molecule has 0 spiro atoms. The quantitative estimate of drug-likeness (QED) is 0.645. The molecule has 0 unspecified atom stereocenters. The van der Waals surface area contributed by atoms with Crippen LogP contribution in [0, 0.1) is 0 Å². The number of hydrogen-bond donors (Lipinski definition) is 3. The predicted octanol–water partition coefficient (Wildman–Crippen LogP) is 2.68. The number of nitrogens with one attached hydrogen (secondary N) is 1. The van der Waals surface area contributed by atoms with Crippen molar-refractivity contribution in [3.8, 4) is 17.1 Å². The Morgan fingerprint density at radius 2 is 2.00 bits per heavy atom. The highest BCUT2D eigenvalue weighted by Gasteiger charge is 2.08. The van der Waals surface area contributed by atoms with E-state index in [1.807, 2.05) is 12.1 Å². The Kier molecular flexibility index (Phi) is 2.45. The van der Waals surface area contributed by atoms with Gasteiger partial charge in [-0.25, -0.2) is 9.97 Å². The van der Waals surface area contributed by atoms with Crippen LogP contribution in [0.15, 0.2) is 34.8 Å². The number of aromatic hydroxyl groups is 1. The molecule has 0 bridgehead atoms. The molecule has 5 nitrogen and oxygen atoms in total. The molecule has 0 amide bonds. The van der Waals surface area contributed by atoms with Crippen molar-refractivity contribution in [2.45, 2.75) is 0 Å². The molecule has 0 aliphatic rings. The van der Waals surface area contributed by atoms with E-state index >= 15 is 0 Å². The lowest BCUT2D eigenvalue weighted by atomic mass is 10.2. The van der Waals surface area contributed by atoms with Gasteiger partial charge < -0.3 is 15.8 Å². The number of phenolic OH excluding ortho intramolecular Hbond substituents is 1. The Balaban J connectivity index is 2.16. The number of phenols is 1. The smallest absolute Gasteiger partial charge is 0.180 e. The average molecular weight is 305 g/mol. The number of aromatic nitrogens is 3. The summed E-state index contributed by atoms with van der Waals surface area (Å²) in [4.78, 5) is 11.6. The number of rotatable bonds is 1. The number of aromatic amines is 1. The zero-order valence-electron chi connectivity index (χ0n) is 9.18. The lowest BCUT2D eigenvalue weighted by molar-refractivity contribution is 0.472. The van der Waals surface area contributed by atoms with Gasteiger partial charge >= 0.3 is 0 Å². The van der Waals surface area contributed by atoms with Gasteiger partial charge in [0.05, 0.1) is 9.99 Å². The largest absolute Gasteiger partial charge is 0.507 e. The van der Waals surface area contributed by atoms with Gasteiger partial charge in [0.1, 0.15) is 17.4 Å². The normalized spacial score (nSPS) is 10.9. The minimum atomic E-state index is 0.167. The fourth-order valence-corrected chi connectivity index (χ4v) is 1.95. The number of imidazole rings is 1. The first-order valence-electron chi connectivity index (χ1n) is 5.24. The highest BCUT2D eigenvalue weighted by molar-refractivity contribution is 9.10. The van der Waals surface area contributed by atoms with Crippen LogP contribution in [0.3, 0.4) is 0 Å². The molecule has 0 aliphatic heterocycles. The molecule has 2 aromatic heterocycles. The summed E-state index contributed by atoms with van der Waals surface area (Å²) < 4.78 is 0.643. The van der Waals surface area contributed by atoms with Crippen molar-refractivity contribution in [3.63, 3.8) is 0 Å². The molecule has 90 valence electrons. The summed E-state index contributed by atoms with van der Waals surface area (Å²) in [7, 11) is 0. The molecule has 4 N–H and O–H groups in total. The second-order valence-corrected chi connectivity index (χ2v) is 4.71. The van der Waals surface area contributed by atoms with Crippen LogP contribution in [0.5, 0.6) is 5.75 Å². The van der Waals surface area contributed by atoms with Crippen LogP contribution in [0.2, 0.25) is 0 Å². The topological polar surface area (TPSA) is 87.8 Å². The Bertz CT molecular complexity index is 738. The van der Waals surface area contributed by atoms with Gasteiger partial charge in [0.25, 0.3) is 0 Å². The number of fused-ring (bicyclic) bond motifs is 1. The SMILES string of the molecule is Nc1ccc2[nH]c(-c3ccc(Br)c(O)c3)nc2n1. The van der Waals surface area contributed by atoms with E-state index in [9.17, 15) is 5.11 Å². The van der Waals surface area contributed by atoms with Gasteiger partial charge in [-0.15, -0.1) is 0 Å². The minimum Gasteiger partial charge on any atom is -0.507 e. The predicted molar refractivity (Wildman–Crippen MR) is 73.1 cm³/mol. The number of nitrogen functional groups attached to an aromatic ring is 1. The molecule has 3 rings (SSSR count). The van der Waals surface area contributed by atoms with Crippen molar-refractivity contribution in [1.29, 1.82) is 0 Å². The van der Waals surface area contributed by atoms with E-state index in [0.717, 1.165) is 11.1 Å². The third kappa shape index (κ3) is 1.80. The van der Waals surface area contributed by atoms with E-state index in [-0.39, 0.29) is 5.75 Å². The first-order valence-corrected chi connectivity index (χ1v) is 6.04. The van der Waals surface area contributed by atoms with Crippen molar-refractivity contribution < 1.29 is 5.11 Å². The van der Waals surface area contributed by atoms with Gasteiger partial charge in [-0.3, -0.25) is 0 Å². The number of anilines is 1. The lowest BCUT2D eigenvalue weighted by Crippen LogP contribution is -1.88. The summed E-state index contributed by atoms with van der Waals surface area (Å²) in [6.07, 6.45) is 0. The molecule has 0 radical (unpaired) electrons. The Hall–Kier alpha value is -2.08. The molecule has 0 atom stereocenters. The second kappa shape index (κ2) is 3.99. The van der Waals surface area contributed by atoms with Gasteiger partial charge in [0.2, 0.25) is 0 Å². The van der Waals surface area contributed by atoms with Crippen LogP contribution in [-0.2, 0) is 0 Å². The van der Waals surface area contributed by atoms with Gasteiger partial charge in [-0.2, -0.15) is 0 Å². The molecule has 3 aromatic rings. The average Bonchev–Trinajstić information content (AvgIpc) is 2.75. The number of pyridine rings is 1. The first kappa shape index (κ1) is 11.0. The summed E-state index contributed by atoms with van der Waals surface area (Å²) in [6, 6.07) is 8.78. The van der Waals surface area contributed by atoms with Crippen molar-refractivity contribution >= 4 is 32.9 Å². The summed E-state index contributed by atoms with van der Waals surface area (Å²) in [5.41, 5.74) is 7.76. The van der Waals surface area contributed by atoms with Gasteiger partial charge in [-0.05, 0) is 46.3 Å². The van der Waals surface area contributed by atoms with Crippen molar-refractivity contribution in [2.24, 2.45) is 0 Å². The van der Waals surface area contributed by atoms with Crippen LogP contribution >= 0.6 is 15.9 Å². The summed E-state index contributed by atoms with van der Waals surface area (Å²) in [5.74, 6) is 1.24. The summed E-state index contributed by atoms with van der Waals surface area (Å²) >= 11 is 3.24. The van der Waals surface area contributed by atoms with E-state index in [4.69, 9.17) is 5.73 Å². The number of H-pyrrole nitrogens is 1. The lowest BCUT2D eigenvalue weighted by Gasteiger charge is -1.99. The van der Waals surface area contributed by atoms with Gasteiger partial charge in [0.15, 0.2) is 5.65 Å². The van der Waals surface area contributed by atoms with Crippen LogP contribution in [-0.4, -0.2) is 20.1 Å². The Morgan fingerprint density at radius 1 is 1.17 bits per heavy atom. The second-order valence-electron chi connectivity index (χ2n) is 3.86. The zero-order chi connectivity index (χ0) is 12.7. The van der Waals surface area contributed by atoms with E-state index in [2.05, 4.69) is 30.9 Å². The molecule has 0 aliphatic carbocycles. The van der Waals surface area contributed by atoms with E-state index in [0.29, 0.717) is 21.8 Å². The van der Waals surface area contributed by atoms with E-state index < -0.39 is 0 Å². The number of benzene rings is 1.